The van der Waals surface area contributed by atoms with Crippen molar-refractivity contribution in [1.29, 1.82) is 5.26 Å². The van der Waals surface area contributed by atoms with Crippen LogP contribution in [-0.4, -0.2) is 0 Å². The van der Waals surface area contributed by atoms with Gasteiger partial charge in [0.1, 0.15) is 6.07 Å². The van der Waals surface area contributed by atoms with Gasteiger partial charge in [-0.1, -0.05) is 18.9 Å². The van der Waals surface area contributed by atoms with E-state index in [1.165, 1.54) is 31.1 Å². The number of allylic oxidation sites excluding steroid dienone is 2. The summed E-state index contributed by atoms with van der Waals surface area (Å²) in [5.74, 6) is -0.107. The van der Waals surface area contributed by atoms with E-state index in [4.69, 9.17) is 5.26 Å². The number of benzene rings is 1. The topological polar surface area (TPSA) is 23.8 Å². The lowest BCUT2D eigenvalue weighted by molar-refractivity contribution is 0.245. The van der Waals surface area contributed by atoms with Crippen molar-refractivity contribution >= 4 is 0 Å². The van der Waals surface area contributed by atoms with Gasteiger partial charge in [-0.25, -0.2) is 8.78 Å². The van der Waals surface area contributed by atoms with Crippen LogP contribution in [0.5, 0.6) is 0 Å². The fourth-order valence-corrected chi connectivity index (χ4v) is 4.91. The molecule has 1 aromatic carbocycles. The molecular weight excluding hydrogens is 347 g/mol. The molecule has 0 heterocycles. The van der Waals surface area contributed by atoms with Crippen molar-refractivity contribution in [2.45, 2.75) is 70.1 Å². The van der Waals surface area contributed by atoms with Crippen LogP contribution in [0.25, 0.3) is 0 Å². The van der Waals surface area contributed by atoms with Gasteiger partial charge in [0, 0.05) is 0 Å². The Kier molecular flexibility index (Phi) is 6.99. The van der Waals surface area contributed by atoms with Gasteiger partial charge in [-0.2, -0.15) is 9.65 Å². The molecule has 27 heavy (non-hydrogen) atoms. The van der Waals surface area contributed by atoms with Crippen LogP contribution >= 0.6 is 0 Å². The van der Waals surface area contributed by atoms with E-state index >= 15 is 0 Å². The van der Waals surface area contributed by atoms with Gasteiger partial charge in [-0.3, -0.25) is 0 Å². The fraction of sp³-hybridized carbons (Fsp3) is 0.609. The number of nitriles is 1. The van der Waals surface area contributed by atoms with Gasteiger partial charge in [0.2, 0.25) is 0 Å². The number of nitrogens with zero attached hydrogens (tertiary/aromatic N) is 1. The summed E-state index contributed by atoms with van der Waals surface area (Å²) in [5, 5.41) is 8.53. The Balaban J connectivity index is 1.38. The molecule has 0 radical (unpaired) electrons. The quantitative estimate of drug-likeness (QED) is 0.499. The first-order valence-electron chi connectivity index (χ1n) is 10.3. The summed E-state index contributed by atoms with van der Waals surface area (Å²) in [4.78, 5) is 0. The van der Waals surface area contributed by atoms with E-state index in [-0.39, 0.29) is 5.92 Å². The van der Waals surface area contributed by atoms with Crippen LogP contribution in [0.3, 0.4) is 0 Å². The summed E-state index contributed by atoms with van der Waals surface area (Å²) >= 11 is 0. The van der Waals surface area contributed by atoms with E-state index < -0.39 is 17.5 Å². The second-order valence-corrected chi connectivity index (χ2v) is 8.38. The first-order chi connectivity index (χ1) is 13.0. The summed E-state index contributed by atoms with van der Waals surface area (Å²) < 4.78 is 39.6. The Morgan fingerprint density at radius 2 is 1.52 bits per heavy atom. The Hall–Kier alpha value is -1.76. The van der Waals surface area contributed by atoms with E-state index in [2.05, 4.69) is 0 Å². The Labute approximate surface area is 160 Å². The zero-order valence-electron chi connectivity index (χ0n) is 15.8. The normalized spacial score (nSPS) is 29.3. The molecule has 2 fully saturated rings. The minimum atomic E-state index is -0.770. The van der Waals surface area contributed by atoms with Gasteiger partial charge in [-0.15, -0.1) is 0 Å². The molecule has 2 aliphatic rings. The van der Waals surface area contributed by atoms with Crippen LogP contribution in [0, 0.1) is 40.7 Å². The van der Waals surface area contributed by atoms with Crippen molar-refractivity contribution in [1.82, 2.24) is 0 Å². The van der Waals surface area contributed by atoms with Crippen LogP contribution in [-0.2, 0) is 0 Å². The second kappa shape index (κ2) is 9.44. The molecular formula is C23H28F3N. The number of hydrogen-bond acceptors (Lipinski definition) is 1. The number of hydrogen-bond donors (Lipinski definition) is 0. The fourth-order valence-electron chi connectivity index (χ4n) is 4.91. The molecule has 0 N–H and O–H groups in total. The summed E-state index contributed by atoms with van der Waals surface area (Å²) in [6.45, 7) is 0. The third kappa shape index (κ3) is 5.61. The van der Waals surface area contributed by atoms with Crippen LogP contribution in [0.2, 0.25) is 0 Å². The van der Waals surface area contributed by atoms with E-state index in [1.807, 2.05) is 0 Å². The van der Waals surface area contributed by atoms with Gasteiger partial charge in [0.05, 0.1) is 0 Å². The zero-order valence-corrected chi connectivity index (χ0v) is 15.8. The number of rotatable bonds is 5. The molecule has 0 spiro atoms. The molecule has 1 aromatic rings. The highest BCUT2D eigenvalue weighted by molar-refractivity contribution is 5.22. The molecule has 0 amide bonds. The molecule has 0 atom stereocenters. The largest absolute Gasteiger partial charge is 0.204 e. The lowest BCUT2D eigenvalue weighted by atomic mass is 9.74. The zero-order chi connectivity index (χ0) is 19.2. The molecule has 4 heteroatoms. The molecule has 0 aromatic heterocycles. The van der Waals surface area contributed by atoms with Gasteiger partial charge in [-0.05, 0) is 98.8 Å². The van der Waals surface area contributed by atoms with Crippen molar-refractivity contribution in [3.05, 3.63) is 47.3 Å². The maximum Gasteiger partial charge on any atom is 0.196 e. The van der Waals surface area contributed by atoms with E-state index in [0.717, 1.165) is 68.8 Å². The maximum atomic E-state index is 13.4. The highest BCUT2D eigenvalue weighted by Gasteiger charge is 2.25. The van der Waals surface area contributed by atoms with Crippen molar-refractivity contribution in [3.8, 4) is 6.07 Å². The van der Waals surface area contributed by atoms with Gasteiger partial charge in [0.15, 0.2) is 17.5 Å². The highest BCUT2D eigenvalue weighted by atomic mass is 19.2. The maximum absolute atomic E-state index is 13.4. The molecule has 0 unspecified atom stereocenters. The monoisotopic (exact) mass is 375 g/mol. The molecule has 1 nitrogen and oxygen atoms in total. The van der Waals surface area contributed by atoms with Crippen LogP contribution in [0.15, 0.2) is 30.1 Å². The molecule has 0 aliphatic heterocycles. The standard InChI is InChI=1S/C23H28F3N/c24-21(15-27)13-18-5-3-16(4-6-18)1-2-17-7-9-19(10-8-17)20-11-12-22(25)23(26)14-20/h11-14,16-19H,1-10H2. The predicted octanol–water partition coefficient (Wildman–Crippen LogP) is 7.20. The summed E-state index contributed by atoms with van der Waals surface area (Å²) in [7, 11) is 0. The van der Waals surface area contributed by atoms with Crippen molar-refractivity contribution in [2.75, 3.05) is 0 Å². The van der Waals surface area contributed by atoms with Crippen molar-refractivity contribution in [2.24, 2.45) is 17.8 Å². The summed E-state index contributed by atoms with van der Waals surface area (Å²) in [6.07, 6.45) is 12.6. The van der Waals surface area contributed by atoms with Gasteiger partial charge in [0.25, 0.3) is 0 Å². The van der Waals surface area contributed by atoms with Crippen LogP contribution in [0.4, 0.5) is 13.2 Å². The van der Waals surface area contributed by atoms with E-state index in [0.29, 0.717) is 5.92 Å². The summed E-state index contributed by atoms with van der Waals surface area (Å²) in [5.41, 5.74) is 0.934. The predicted molar refractivity (Wildman–Crippen MR) is 101 cm³/mol. The van der Waals surface area contributed by atoms with E-state index in [1.54, 1.807) is 12.1 Å². The smallest absolute Gasteiger partial charge is 0.196 e. The molecule has 2 aliphatic carbocycles. The minimum Gasteiger partial charge on any atom is -0.204 e. The first-order valence-corrected chi connectivity index (χ1v) is 10.3. The Morgan fingerprint density at radius 1 is 0.926 bits per heavy atom. The lowest BCUT2D eigenvalue weighted by Crippen LogP contribution is -2.17. The minimum absolute atomic E-state index is 0.229. The Morgan fingerprint density at radius 3 is 2.07 bits per heavy atom. The average Bonchev–Trinajstić information content (AvgIpc) is 2.70. The lowest BCUT2D eigenvalue weighted by Gasteiger charge is -2.31. The summed E-state index contributed by atoms with van der Waals surface area (Å²) in [6, 6.07) is 5.90. The Bertz CT molecular complexity index is 690. The molecule has 146 valence electrons. The molecule has 0 saturated heterocycles. The van der Waals surface area contributed by atoms with Crippen LogP contribution in [0.1, 0.15) is 75.7 Å². The third-order valence-corrected chi connectivity index (χ3v) is 6.63. The second-order valence-electron chi connectivity index (χ2n) is 8.38. The molecule has 0 bridgehead atoms. The third-order valence-electron chi connectivity index (χ3n) is 6.63. The highest BCUT2D eigenvalue weighted by Crippen LogP contribution is 2.40. The van der Waals surface area contributed by atoms with Crippen LogP contribution < -0.4 is 0 Å². The molecule has 2 saturated carbocycles. The van der Waals surface area contributed by atoms with Gasteiger partial charge < -0.3 is 0 Å². The number of halogens is 3. The van der Waals surface area contributed by atoms with Crippen molar-refractivity contribution < 1.29 is 13.2 Å². The average molecular weight is 375 g/mol. The molecule has 3 rings (SSSR count). The van der Waals surface area contributed by atoms with Crippen molar-refractivity contribution in [3.63, 3.8) is 0 Å². The van der Waals surface area contributed by atoms with E-state index in [9.17, 15) is 13.2 Å². The first kappa shape index (κ1) is 20.0. The SMILES string of the molecule is N#CC(F)=CC1CCC(CCC2CCC(c3ccc(F)c(F)c3)CC2)CC1. The van der Waals surface area contributed by atoms with Gasteiger partial charge >= 0.3 is 0 Å².